The quantitative estimate of drug-likeness (QED) is 0.532. The molecule has 0 unspecified atom stereocenters. The number of carbonyl (C=O) groups excluding carboxylic acids is 1. The highest BCUT2D eigenvalue weighted by molar-refractivity contribution is 7.09. The van der Waals surface area contributed by atoms with E-state index in [0.29, 0.717) is 24.1 Å². The molecule has 0 atom stereocenters. The zero-order valence-corrected chi connectivity index (χ0v) is 14.9. The van der Waals surface area contributed by atoms with Gasteiger partial charge in [-0.05, 0) is 20.8 Å². The van der Waals surface area contributed by atoms with E-state index in [1.807, 2.05) is 6.92 Å². The first-order valence-corrected chi connectivity index (χ1v) is 8.22. The second-order valence-electron chi connectivity index (χ2n) is 5.65. The van der Waals surface area contributed by atoms with Crippen LogP contribution in [0.3, 0.4) is 0 Å². The second kappa shape index (κ2) is 8.32. The molecule has 0 spiro atoms. The molecular formula is C14H22F3N5OS. The molecule has 24 heavy (non-hydrogen) atoms. The molecule has 0 aliphatic heterocycles. The molecule has 0 saturated heterocycles. The Morgan fingerprint density at radius 1 is 1.29 bits per heavy atom. The molecule has 0 bridgehead atoms. The van der Waals surface area contributed by atoms with Crippen LogP contribution in [0.5, 0.6) is 0 Å². The molecule has 1 aromatic heterocycles. The van der Waals surface area contributed by atoms with Crippen molar-refractivity contribution in [3.05, 3.63) is 16.1 Å². The molecule has 0 aliphatic carbocycles. The van der Waals surface area contributed by atoms with E-state index in [1.165, 1.54) is 7.05 Å². The van der Waals surface area contributed by atoms with Gasteiger partial charge >= 0.3 is 6.18 Å². The SMILES string of the molecule is CCNC(=O)C(C)(C)CNC(=NC)NCc1nc(C(F)(F)F)cs1. The maximum atomic E-state index is 12.5. The lowest BCUT2D eigenvalue weighted by Gasteiger charge is -2.24. The lowest BCUT2D eigenvalue weighted by molar-refractivity contribution is -0.140. The minimum absolute atomic E-state index is 0.0947. The van der Waals surface area contributed by atoms with Crippen LogP contribution in [0.15, 0.2) is 10.4 Å². The maximum absolute atomic E-state index is 12.5. The van der Waals surface area contributed by atoms with E-state index in [9.17, 15) is 18.0 Å². The van der Waals surface area contributed by atoms with E-state index in [0.717, 1.165) is 16.7 Å². The van der Waals surface area contributed by atoms with Crippen LogP contribution in [0, 0.1) is 5.41 Å². The highest BCUT2D eigenvalue weighted by atomic mass is 32.1. The normalized spacial score (nSPS) is 12.9. The first-order chi connectivity index (χ1) is 11.1. The average molecular weight is 365 g/mol. The van der Waals surface area contributed by atoms with Crippen LogP contribution in [-0.4, -0.2) is 37.0 Å². The van der Waals surface area contributed by atoms with Gasteiger partial charge in [0.1, 0.15) is 5.01 Å². The molecule has 0 saturated carbocycles. The van der Waals surface area contributed by atoms with Gasteiger partial charge in [-0.2, -0.15) is 13.2 Å². The lowest BCUT2D eigenvalue weighted by Crippen LogP contribution is -2.47. The van der Waals surface area contributed by atoms with Gasteiger partial charge in [-0.15, -0.1) is 11.3 Å². The predicted octanol–water partition coefficient (Wildman–Crippen LogP) is 1.99. The number of hydrogen-bond acceptors (Lipinski definition) is 4. The summed E-state index contributed by atoms with van der Waals surface area (Å²) in [6, 6.07) is 0. The lowest BCUT2D eigenvalue weighted by atomic mass is 9.92. The zero-order chi connectivity index (χ0) is 18.4. The number of guanidine groups is 1. The van der Waals surface area contributed by atoms with Crippen molar-refractivity contribution in [2.45, 2.75) is 33.5 Å². The Bertz CT molecular complexity index is 583. The van der Waals surface area contributed by atoms with Crippen LogP contribution in [-0.2, 0) is 17.5 Å². The third kappa shape index (κ3) is 5.99. The van der Waals surface area contributed by atoms with Crippen LogP contribution in [0.4, 0.5) is 13.2 Å². The van der Waals surface area contributed by atoms with Gasteiger partial charge in [0.25, 0.3) is 0 Å². The van der Waals surface area contributed by atoms with E-state index in [4.69, 9.17) is 0 Å². The number of amides is 1. The summed E-state index contributed by atoms with van der Waals surface area (Å²) in [5.74, 6) is 0.291. The Balaban J connectivity index is 2.54. The number of carbonyl (C=O) groups is 1. The van der Waals surface area contributed by atoms with E-state index in [1.54, 1.807) is 13.8 Å². The Morgan fingerprint density at radius 2 is 1.96 bits per heavy atom. The smallest absolute Gasteiger partial charge is 0.356 e. The Morgan fingerprint density at radius 3 is 2.46 bits per heavy atom. The number of nitrogens with zero attached hydrogens (tertiary/aromatic N) is 2. The first-order valence-electron chi connectivity index (χ1n) is 7.34. The highest BCUT2D eigenvalue weighted by Gasteiger charge is 2.33. The summed E-state index contributed by atoms with van der Waals surface area (Å²) in [5, 5.41) is 9.90. The molecule has 1 rings (SSSR count). The molecule has 1 aromatic rings. The molecule has 0 aliphatic rings. The largest absolute Gasteiger partial charge is 0.434 e. The molecule has 0 radical (unpaired) electrons. The summed E-state index contributed by atoms with van der Waals surface area (Å²) in [4.78, 5) is 19.4. The molecule has 136 valence electrons. The number of rotatable bonds is 6. The van der Waals surface area contributed by atoms with Crippen molar-refractivity contribution >= 4 is 23.2 Å². The summed E-state index contributed by atoms with van der Waals surface area (Å²) in [5.41, 5.74) is -1.55. The molecule has 10 heteroatoms. The number of aliphatic imine (C=N–C) groups is 1. The monoisotopic (exact) mass is 365 g/mol. The Hall–Kier alpha value is -1.84. The fourth-order valence-corrected chi connectivity index (χ4v) is 2.43. The fourth-order valence-electron chi connectivity index (χ4n) is 1.69. The third-order valence-corrected chi connectivity index (χ3v) is 3.97. The summed E-state index contributed by atoms with van der Waals surface area (Å²) in [6.45, 7) is 6.39. The van der Waals surface area contributed by atoms with E-state index >= 15 is 0 Å². The number of alkyl halides is 3. The van der Waals surface area contributed by atoms with Crippen molar-refractivity contribution in [2.24, 2.45) is 10.4 Å². The molecule has 6 nitrogen and oxygen atoms in total. The average Bonchev–Trinajstić information content (AvgIpc) is 2.96. The molecule has 3 N–H and O–H groups in total. The van der Waals surface area contributed by atoms with E-state index < -0.39 is 17.3 Å². The van der Waals surface area contributed by atoms with Crippen LogP contribution in [0.1, 0.15) is 31.5 Å². The molecular weight excluding hydrogens is 343 g/mol. The van der Waals surface area contributed by atoms with Crippen molar-refractivity contribution in [3.8, 4) is 0 Å². The molecule has 0 fully saturated rings. The third-order valence-electron chi connectivity index (χ3n) is 3.12. The minimum atomic E-state index is -4.44. The van der Waals surface area contributed by atoms with Crippen molar-refractivity contribution in [2.75, 3.05) is 20.1 Å². The second-order valence-corrected chi connectivity index (χ2v) is 6.59. The van der Waals surface area contributed by atoms with Gasteiger partial charge in [0, 0.05) is 25.5 Å². The summed E-state index contributed by atoms with van der Waals surface area (Å²) < 4.78 is 37.5. The topological polar surface area (TPSA) is 78.4 Å². The van der Waals surface area contributed by atoms with Gasteiger partial charge in [0.05, 0.1) is 12.0 Å². The standard InChI is InChI=1S/C14H22F3N5OS/c1-5-19-11(23)13(2,3)8-21-12(18-4)20-6-10-22-9(7-24-10)14(15,16)17/h7H,5-6,8H2,1-4H3,(H,19,23)(H2,18,20,21). The maximum Gasteiger partial charge on any atom is 0.434 e. The van der Waals surface area contributed by atoms with Crippen molar-refractivity contribution in [1.82, 2.24) is 20.9 Å². The van der Waals surface area contributed by atoms with Gasteiger partial charge in [-0.3, -0.25) is 9.79 Å². The molecule has 1 amide bonds. The summed E-state index contributed by atoms with van der Waals surface area (Å²) in [6.07, 6.45) is -4.44. The van der Waals surface area contributed by atoms with Crippen LogP contribution < -0.4 is 16.0 Å². The van der Waals surface area contributed by atoms with Crippen LogP contribution in [0.2, 0.25) is 0 Å². The highest BCUT2D eigenvalue weighted by Crippen LogP contribution is 2.29. The molecule has 0 aromatic carbocycles. The van der Waals surface area contributed by atoms with Gasteiger partial charge in [0.15, 0.2) is 11.7 Å². The Labute approximate surface area is 143 Å². The van der Waals surface area contributed by atoms with E-state index in [2.05, 4.69) is 25.9 Å². The zero-order valence-electron chi connectivity index (χ0n) is 14.0. The molecule has 1 heterocycles. The first kappa shape index (κ1) is 20.2. The number of halogens is 3. The Kier molecular flexibility index (Phi) is 7.00. The van der Waals surface area contributed by atoms with Crippen LogP contribution >= 0.6 is 11.3 Å². The van der Waals surface area contributed by atoms with Gasteiger partial charge in [0.2, 0.25) is 5.91 Å². The summed E-state index contributed by atoms with van der Waals surface area (Å²) in [7, 11) is 1.54. The minimum Gasteiger partial charge on any atom is -0.356 e. The number of thiazole rings is 1. The fraction of sp³-hybridized carbons (Fsp3) is 0.643. The van der Waals surface area contributed by atoms with Crippen molar-refractivity contribution in [1.29, 1.82) is 0 Å². The summed E-state index contributed by atoms with van der Waals surface area (Å²) >= 11 is 0.924. The number of nitrogens with one attached hydrogen (secondary N) is 3. The van der Waals surface area contributed by atoms with Crippen molar-refractivity contribution in [3.63, 3.8) is 0 Å². The van der Waals surface area contributed by atoms with Gasteiger partial charge in [-0.25, -0.2) is 4.98 Å². The van der Waals surface area contributed by atoms with Crippen LogP contribution in [0.25, 0.3) is 0 Å². The van der Waals surface area contributed by atoms with Gasteiger partial charge in [-0.1, -0.05) is 0 Å². The number of aromatic nitrogens is 1. The van der Waals surface area contributed by atoms with Gasteiger partial charge < -0.3 is 16.0 Å². The predicted molar refractivity (Wildman–Crippen MR) is 87.8 cm³/mol. The van der Waals surface area contributed by atoms with Crippen molar-refractivity contribution < 1.29 is 18.0 Å². The van der Waals surface area contributed by atoms with E-state index in [-0.39, 0.29) is 12.5 Å². The number of hydrogen-bond donors (Lipinski definition) is 3.